The van der Waals surface area contributed by atoms with E-state index in [4.69, 9.17) is 5.11 Å². The van der Waals surface area contributed by atoms with Gasteiger partial charge in [0, 0.05) is 19.8 Å². The Balaban J connectivity index is 1.87. The molecule has 7 heteroatoms. The lowest BCUT2D eigenvalue weighted by Gasteiger charge is -2.04. The molecule has 0 spiro atoms. The molecule has 0 atom stereocenters. The monoisotopic (exact) mass is 247 g/mol. The van der Waals surface area contributed by atoms with Gasteiger partial charge in [0.2, 0.25) is 0 Å². The van der Waals surface area contributed by atoms with Crippen LogP contribution in [0.15, 0.2) is 24.7 Å². The Morgan fingerprint density at radius 2 is 2.28 bits per heavy atom. The second-order valence-electron chi connectivity index (χ2n) is 3.80. The highest BCUT2D eigenvalue weighted by Crippen LogP contribution is 2.00. The molecule has 2 rings (SSSR count). The van der Waals surface area contributed by atoms with E-state index in [0.29, 0.717) is 13.1 Å². The highest BCUT2D eigenvalue weighted by Gasteiger charge is 2.03. The lowest BCUT2D eigenvalue weighted by molar-refractivity contribution is 0.0696. The number of aromatic carboxylic acids is 1. The number of carboxylic acid groups (broad SMARTS) is 1. The first-order valence-corrected chi connectivity index (χ1v) is 5.38. The van der Waals surface area contributed by atoms with Crippen molar-refractivity contribution < 1.29 is 9.90 Å². The molecule has 94 valence electrons. The number of nitrogens with zero attached hydrogens (tertiary/aromatic N) is 4. The maximum atomic E-state index is 10.6. The highest BCUT2D eigenvalue weighted by molar-refractivity contribution is 5.87. The fourth-order valence-corrected chi connectivity index (χ4v) is 1.43. The third-order valence-corrected chi connectivity index (χ3v) is 2.47. The maximum Gasteiger partial charge on any atom is 0.337 e. The van der Waals surface area contributed by atoms with Gasteiger partial charge in [-0.3, -0.25) is 4.98 Å². The number of hydrogen-bond donors (Lipinski definition) is 2. The molecule has 2 N–H and O–H groups in total. The zero-order valence-corrected chi connectivity index (χ0v) is 9.87. The first kappa shape index (κ1) is 12.2. The van der Waals surface area contributed by atoms with Crippen molar-refractivity contribution in [2.45, 2.75) is 13.1 Å². The normalized spacial score (nSPS) is 10.5. The number of aryl methyl sites for hydroxylation is 1. The fraction of sp³-hybridized carbons (Fsp3) is 0.273. The van der Waals surface area contributed by atoms with Crippen LogP contribution in [0, 0.1) is 0 Å². The summed E-state index contributed by atoms with van der Waals surface area (Å²) in [6.45, 7) is 1.13. The van der Waals surface area contributed by atoms with Gasteiger partial charge in [0.25, 0.3) is 0 Å². The van der Waals surface area contributed by atoms with Gasteiger partial charge in [-0.2, -0.15) is 0 Å². The molecular formula is C11H13N5O2. The molecule has 2 heterocycles. The van der Waals surface area contributed by atoms with Gasteiger partial charge in [0.15, 0.2) is 0 Å². The molecular weight excluding hydrogens is 234 g/mol. The summed E-state index contributed by atoms with van der Waals surface area (Å²) in [5.41, 5.74) is 0.967. The Kier molecular flexibility index (Phi) is 3.63. The summed E-state index contributed by atoms with van der Waals surface area (Å²) in [5, 5.41) is 19.6. The molecule has 0 radical (unpaired) electrons. The Bertz CT molecular complexity index is 535. The van der Waals surface area contributed by atoms with Crippen LogP contribution in [0.5, 0.6) is 0 Å². The topological polar surface area (TPSA) is 92.9 Å². The minimum absolute atomic E-state index is 0.187. The average Bonchev–Trinajstić information content (AvgIpc) is 2.76. The first-order valence-electron chi connectivity index (χ1n) is 5.38. The van der Waals surface area contributed by atoms with Crippen LogP contribution < -0.4 is 5.32 Å². The summed E-state index contributed by atoms with van der Waals surface area (Å²) in [7, 11) is 1.87. The predicted octanol–water partition coefficient (Wildman–Crippen LogP) is 0.198. The number of nitrogens with one attached hydrogen (secondary N) is 1. The minimum Gasteiger partial charge on any atom is -0.478 e. The van der Waals surface area contributed by atoms with Crippen molar-refractivity contribution >= 4 is 5.97 Å². The lowest BCUT2D eigenvalue weighted by Crippen LogP contribution is -2.16. The van der Waals surface area contributed by atoms with Gasteiger partial charge in [-0.25, -0.2) is 4.79 Å². The quantitative estimate of drug-likeness (QED) is 0.784. The van der Waals surface area contributed by atoms with Crippen LogP contribution in [0.1, 0.15) is 21.9 Å². The SMILES string of the molecule is Cn1cnnc1CNCc1ccc(C(=O)O)cn1. The van der Waals surface area contributed by atoms with Crippen molar-refractivity contribution in [2.75, 3.05) is 0 Å². The number of carboxylic acids is 1. The smallest absolute Gasteiger partial charge is 0.337 e. The van der Waals surface area contributed by atoms with Crippen molar-refractivity contribution in [1.29, 1.82) is 0 Å². The molecule has 0 fully saturated rings. The van der Waals surface area contributed by atoms with Gasteiger partial charge >= 0.3 is 5.97 Å². The Hall–Kier alpha value is -2.28. The van der Waals surface area contributed by atoms with Crippen LogP contribution in [-0.2, 0) is 20.1 Å². The highest BCUT2D eigenvalue weighted by atomic mass is 16.4. The number of pyridine rings is 1. The van der Waals surface area contributed by atoms with E-state index < -0.39 is 5.97 Å². The number of rotatable bonds is 5. The zero-order chi connectivity index (χ0) is 13.0. The van der Waals surface area contributed by atoms with Gasteiger partial charge < -0.3 is 15.0 Å². The summed E-state index contributed by atoms with van der Waals surface area (Å²) in [4.78, 5) is 14.7. The van der Waals surface area contributed by atoms with E-state index in [0.717, 1.165) is 11.5 Å². The molecule has 0 aromatic carbocycles. The molecule has 2 aromatic heterocycles. The van der Waals surface area contributed by atoms with Crippen molar-refractivity contribution in [1.82, 2.24) is 25.1 Å². The Morgan fingerprint density at radius 1 is 1.44 bits per heavy atom. The van der Waals surface area contributed by atoms with Crippen LogP contribution in [-0.4, -0.2) is 30.8 Å². The van der Waals surface area contributed by atoms with Crippen molar-refractivity contribution in [3.05, 3.63) is 41.7 Å². The third-order valence-electron chi connectivity index (χ3n) is 2.47. The summed E-state index contributed by atoms with van der Waals surface area (Å²) in [6.07, 6.45) is 2.98. The number of hydrogen-bond acceptors (Lipinski definition) is 5. The van der Waals surface area contributed by atoms with Gasteiger partial charge in [0.05, 0.1) is 17.8 Å². The van der Waals surface area contributed by atoms with Crippen molar-refractivity contribution in [3.8, 4) is 0 Å². The van der Waals surface area contributed by atoms with Gasteiger partial charge in [-0.1, -0.05) is 0 Å². The van der Waals surface area contributed by atoms with Crippen LogP contribution in [0.2, 0.25) is 0 Å². The van der Waals surface area contributed by atoms with Gasteiger partial charge in [-0.15, -0.1) is 10.2 Å². The van der Waals surface area contributed by atoms with Crippen LogP contribution in [0.3, 0.4) is 0 Å². The van der Waals surface area contributed by atoms with Crippen molar-refractivity contribution in [3.63, 3.8) is 0 Å². The van der Waals surface area contributed by atoms with E-state index in [1.165, 1.54) is 12.3 Å². The second-order valence-corrected chi connectivity index (χ2v) is 3.80. The first-order chi connectivity index (χ1) is 8.66. The Morgan fingerprint density at radius 3 is 2.83 bits per heavy atom. The van der Waals surface area contributed by atoms with E-state index in [-0.39, 0.29) is 5.56 Å². The predicted molar refractivity (Wildman–Crippen MR) is 62.7 cm³/mol. The molecule has 0 unspecified atom stereocenters. The van der Waals surface area contributed by atoms with E-state index in [1.807, 2.05) is 11.6 Å². The number of aromatic nitrogens is 4. The van der Waals surface area contributed by atoms with E-state index in [2.05, 4.69) is 20.5 Å². The molecule has 0 amide bonds. The van der Waals surface area contributed by atoms with E-state index >= 15 is 0 Å². The lowest BCUT2D eigenvalue weighted by atomic mass is 10.2. The molecule has 0 aliphatic carbocycles. The molecule has 0 saturated heterocycles. The van der Waals surface area contributed by atoms with E-state index in [1.54, 1.807) is 12.4 Å². The second kappa shape index (κ2) is 5.37. The summed E-state index contributed by atoms with van der Waals surface area (Å²) >= 11 is 0. The largest absolute Gasteiger partial charge is 0.478 e. The van der Waals surface area contributed by atoms with Crippen LogP contribution in [0.4, 0.5) is 0 Å². The third kappa shape index (κ3) is 2.89. The Labute approximate surface area is 104 Å². The average molecular weight is 247 g/mol. The van der Waals surface area contributed by atoms with E-state index in [9.17, 15) is 4.79 Å². The summed E-state index contributed by atoms with van der Waals surface area (Å²) in [5.74, 6) is -0.141. The molecule has 0 bridgehead atoms. The van der Waals surface area contributed by atoms with Gasteiger partial charge in [0.1, 0.15) is 12.2 Å². The summed E-state index contributed by atoms with van der Waals surface area (Å²) in [6, 6.07) is 3.22. The van der Waals surface area contributed by atoms with Crippen molar-refractivity contribution in [2.24, 2.45) is 7.05 Å². The molecule has 18 heavy (non-hydrogen) atoms. The molecule has 0 aliphatic heterocycles. The summed E-state index contributed by atoms with van der Waals surface area (Å²) < 4.78 is 1.83. The molecule has 2 aromatic rings. The number of carbonyl (C=O) groups is 1. The molecule has 7 nitrogen and oxygen atoms in total. The molecule has 0 saturated carbocycles. The van der Waals surface area contributed by atoms with Crippen LogP contribution >= 0.6 is 0 Å². The minimum atomic E-state index is -0.971. The fourth-order valence-electron chi connectivity index (χ4n) is 1.43. The molecule has 0 aliphatic rings. The van der Waals surface area contributed by atoms with Crippen LogP contribution in [0.25, 0.3) is 0 Å². The van der Waals surface area contributed by atoms with Gasteiger partial charge in [-0.05, 0) is 12.1 Å². The zero-order valence-electron chi connectivity index (χ0n) is 9.87. The standard InChI is InChI=1S/C11H13N5O2/c1-16-7-14-15-10(16)6-12-5-9-3-2-8(4-13-9)11(17)18/h2-4,7,12H,5-6H2,1H3,(H,17,18). The maximum absolute atomic E-state index is 10.6.